The monoisotopic (exact) mass is 250 g/mol. The van der Waals surface area contributed by atoms with Crippen LogP contribution in [0.2, 0.25) is 0 Å². The number of aliphatic carboxylic acids is 2. The third-order valence-electron chi connectivity index (χ3n) is 1.33. The zero-order valence-electron chi connectivity index (χ0n) is 10.5. The van der Waals surface area contributed by atoms with Crippen molar-refractivity contribution in [2.45, 2.75) is 27.2 Å². The highest BCUT2D eigenvalue weighted by molar-refractivity contribution is 5.78. The molecule has 6 nitrogen and oxygen atoms in total. The third-order valence-corrected chi connectivity index (χ3v) is 1.33. The molecule has 0 aromatic heterocycles. The second kappa shape index (κ2) is 12.7. The van der Waals surface area contributed by atoms with E-state index in [0.717, 1.165) is 6.08 Å². The lowest BCUT2D eigenvalue weighted by molar-refractivity contribution is -0.136. The summed E-state index contributed by atoms with van der Waals surface area (Å²) in [7, 11) is 0. The summed E-state index contributed by atoms with van der Waals surface area (Å²) in [6, 6.07) is 0. The van der Waals surface area contributed by atoms with Gasteiger partial charge in [-0.25, -0.2) is 4.79 Å². The molecule has 0 radical (unpaired) electrons. The SMILES string of the molecule is C=CC(=O)O.CC(C)(CO)CO.CCC(=O)O. The van der Waals surface area contributed by atoms with Crippen molar-refractivity contribution in [3.63, 3.8) is 0 Å². The Labute approximate surface area is 101 Å². The van der Waals surface area contributed by atoms with Gasteiger partial charge in [0.2, 0.25) is 0 Å². The van der Waals surface area contributed by atoms with Crippen LogP contribution >= 0.6 is 0 Å². The molecule has 4 N–H and O–H groups in total. The highest BCUT2D eigenvalue weighted by Crippen LogP contribution is 2.10. The van der Waals surface area contributed by atoms with Crippen LogP contribution in [0.1, 0.15) is 27.2 Å². The van der Waals surface area contributed by atoms with E-state index >= 15 is 0 Å². The van der Waals surface area contributed by atoms with Crippen LogP contribution in [0.3, 0.4) is 0 Å². The quantitative estimate of drug-likeness (QED) is 0.547. The number of rotatable bonds is 4. The van der Waals surface area contributed by atoms with Crippen LogP contribution in [0.4, 0.5) is 0 Å². The molecule has 102 valence electrons. The first-order valence-electron chi connectivity index (χ1n) is 4.95. The third kappa shape index (κ3) is 31.3. The van der Waals surface area contributed by atoms with Crippen molar-refractivity contribution >= 4 is 11.9 Å². The molecule has 0 atom stereocenters. The minimum Gasteiger partial charge on any atom is -0.481 e. The normalized spacial score (nSPS) is 9.00. The Balaban J connectivity index is -0.000000177. The van der Waals surface area contributed by atoms with Crippen molar-refractivity contribution < 1.29 is 30.0 Å². The highest BCUT2D eigenvalue weighted by atomic mass is 16.4. The summed E-state index contributed by atoms with van der Waals surface area (Å²) in [6.07, 6.45) is 1.06. The van der Waals surface area contributed by atoms with Crippen molar-refractivity contribution in [2.75, 3.05) is 13.2 Å². The molecule has 17 heavy (non-hydrogen) atoms. The van der Waals surface area contributed by atoms with E-state index in [1.54, 1.807) is 20.8 Å². The van der Waals surface area contributed by atoms with Crippen molar-refractivity contribution in [1.29, 1.82) is 0 Å². The molecule has 0 aliphatic rings. The minimum atomic E-state index is -0.981. The van der Waals surface area contributed by atoms with Crippen molar-refractivity contribution in [1.82, 2.24) is 0 Å². The summed E-state index contributed by atoms with van der Waals surface area (Å²) in [5, 5.41) is 32.2. The van der Waals surface area contributed by atoms with Crippen LogP contribution < -0.4 is 0 Å². The first-order valence-corrected chi connectivity index (χ1v) is 4.95. The topological polar surface area (TPSA) is 115 Å². The zero-order chi connectivity index (χ0) is 14.5. The van der Waals surface area contributed by atoms with Crippen LogP contribution in [0.15, 0.2) is 12.7 Å². The van der Waals surface area contributed by atoms with Gasteiger partial charge < -0.3 is 20.4 Å². The van der Waals surface area contributed by atoms with Gasteiger partial charge in [0.05, 0.1) is 13.2 Å². The van der Waals surface area contributed by atoms with E-state index in [9.17, 15) is 9.59 Å². The molecular weight excluding hydrogens is 228 g/mol. The van der Waals surface area contributed by atoms with Crippen molar-refractivity contribution in [2.24, 2.45) is 5.41 Å². The van der Waals surface area contributed by atoms with Gasteiger partial charge >= 0.3 is 11.9 Å². The van der Waals surface area contributed by atoms with Gasteiger partial charge in [0.25, 0.3) is 0 Å². The number of carbonyl (C=O) groups is 2. The lowest BCUT2D eigenvalue weighted by Gasteiger charge is -2.16. The average Bonchev–Trinajstić information content (AvgIpc) is 2.30. The summed E-state index contributed by atoms with van der Waals surface area (Å²) in [5.41, 5.74) is -0.306. The molecule has 0 unspecified atom stereocenters. The maximum atomic E-state index is 9.37. The Hall–Kier alpha value is -1.40. The van der Waals surface area contributed by atoms with E-state index in [-0.39, 0.29) is 25.0 Å². The molecule has 0 saturated carbocycles. The molecule has 0 bridgehead atoms. The smallest absolute Gasteiger partial charge is 0.327 e. The molecule has 0 aliphatic heterocycles. The Morgan fingerprint density at radius 3 is 1.41 bits per heavy atom. The first kappa shape index (κ1) is 20.9. The molecule has 0 aromatic rings. The Morgan fingerprint density at radius 1 is 1.18 bits per heavy atom. The molecule has 0 amide bonds. The lowest BCUT2D eigenvalue weighted by atomic mass is 9.97. The van der Waals surface area contributed by atoms with E-state index < -0.39 is 11.9 Å². The van der Waals surface area contributed by atoms with Gasteiger partial charge in [-0.15, -0.1) is 0 Å². The maximum absolute atomic E-state index is 9.37. The summed E-state index contributed by atoms with van der Waals surface area (Å²) < 4.78 is 0. The largest absolute Gasteiger partial charge is 0.481 e. The van der Waals surface area contributed by atoms with E-state index in [4.69, 9.17) is 20.4 Å². The summed E-state index contributed by atoms with van der Waals surface area (Å²) in [6.45, 7) is 8.25. The van der Waals surface area contributed by atoms with Crippen LogP contribution in [0.25, 0.3) is 0 Å². The second-order valence-corrected chi connectivity index (χ2v) is 3.77. The Bertz CT molecular complexity index is 216. The highest BCUT2D eigenvalue weighted by Gasteiger charge is 2.13. The Kier molecular flexibility index (Phi) is 15.6. The number of hydrogen-bond acceptors (Lipinski definition) is 4. The van der Waals surface area contributed by atoms with Gasteiger partial charge in [-0.3, -0.25) is 4.79 Å². The number of hydrogen-bond donors (Lipinski definition) is 4. The Morgan fingerprint density at radius 2 is 1.41 bits per heavy atom. The van der Waals surface area contributed by atoms with Gasteiger partial charge in [-0.2, -0.15) is 0 Å². The van der Waals surface area contributed by atoms with Crippen LogP contribution in [0, 0.1) is 5.41 Å². The van der Waals surface area contributed by atoms with E-state index in [1.807, 2.05) is 0 Å². The van der Waals surface area contributed by atoms with E-state index in [2.05, 4.69) is 6.58 Å². The fourth-order valence-corrected chi connectivity index (χ4v) is 0.0500. The summed E-state index contributed by atoms with van der Waals surface area (Å²) in [5.74, 6) is -1.73. The number of aliphatic hydroxyl groups excluding tert-OH is 2. The van der Waals surface area contributed by atoms with Crippen molar-refractivity contribution in [3.8, 4) is 0 Å². The predicted molar refractivity (Wildman–Crippen MR) is 63.7 cm³/mol. The molecule has 0 heterocycles. The summed E-state index contributed by atoms with van der Waals surface area (Å²) in [4.78, 5) is 18.6. The first-order chi connectivity index (χ1) is 7.66. The van der Waals surface area contributed by atoms with Crippen molar-refractivity contribution in [3.05, 3.63) is 12.7 Å². The predicted octanol–water partition coefficient (Wildman–Crippen LogP) is 0.735. The van der Waals surface area contributed by atoms with Gasteiger partial charge in [0, 0.05) is 17.9 Å². The molecule has 0 spiro atoms. The molecule has 0 fully saturated rings. The fourth-order valence-electron chi connectivity index (χ4n) is 0.0500. The fraction of sp³-hybridized carbons (Fsp3) is 0.636. The molecule has 0 aromatic carbocycles. The van der Waals surface area contributed by atoms with Gasteiger partial charge in [0.15, 0.2) is 0 Å². The van der Waals surface area contributed by atoms with Gasteiger partial charge in [-0.05, 0) is 0 Å². The standard InChI is InChI=1S/C5H12O2.C3H6O2.C3H4O2/c1-5(2,3-6)4-7;2*1-2-3(4)5/h6-7H,3-4H2,1-2H3;2H2,1H3,(H,4,5);2H,1H2,(H,4,5). The lowest BCUT2D eigenvalue weighted by Crippen LogP contribution is -2.20. The number of aliphatic hydroxyl groups is 2. The minimum absolute atomic E-state index is 0.0451. The van der Waals surface area contributed by atoms with Crippen LogP contribution in [-0.2, 0) is 9.59 Å². The molecule has 0 saturated heterocycles. The molecule has 6 heteroatoms. The molecular formula is C11H22O6. The van der Waals surface area contributed by atoms with Gasteiger partial charge in [-0.1, -0.05) is 27.4 Å². The number of carboxylic acids is 2. The number of carboxylic acid groups (broad SMARTS) is 2. The zero-order valence-corrected chi connectivity index (χ0v) is 10.5. The average molecular weight is 250 g/mol. The van der Waals surface area contributed by atoms with Gasteiger partial charge in [0.1, 0.15) is 0 Å². The second-order valence-electron chi connectivity index (χ2n) is 3.77. The van der Waals surface area contributed by atoms with E-state index in [1.165, 1.54) is 0 Å². The van der Waals surface area contributed by atoms with Crippen LogP contribution in [-0.4, -0.2) is 45.6 Å². The van der Waals surface area contributed by atoms with E-state index in [0.29, 0.717) is 0 Å². The van der Waals surface area contributed by atoms with Crippen LogP contribution in [0.5, 0.6) is 0 Å². The summed E-state index contributed by atoms with van der Waals surface area (Å²) >= 11 is 0. The molecule has 0 rings (SSSR count). The molecule has 0 aliphatic carbocycles. The maximum Gasteiger partial charge on any atom is 0.327 e.